The zero-order valence-electron chi connectivity index (χ0n) is 25.7. The number of furan rings is 2. The molecule has 0 atom stereocenters. The molecular formula is C33H18Br4O14S2. The van der Waals surface area contributed by atoms with Crippen LogP contribution in [0.1, 0.15) is 21.5 Å². The summed E-state index contributed by atoms with van der Waals surface area (Å²) in [4.78, 5) is 12.5. The maximum Gasteiger partial charge on any atom is 0.446 e. The summed E-state index contributed by atoms with van der Waals surface area (Å²) in [5.41, 5.74) is 1.08. The lowest BCUT2D eigenvalue weighted by Gasteiger charge is -2.12. The number of rotatable bonds is 10. The molecule has 4 aromatic carbocycles. The van der Waals surface area contributed by atoms with E-state index in [2.05, 4.69) is 63.7 Å². The second kappa shape index (κ2) is 14.6. The van der Waals surface area contributed by atoms with E-state index in [9.17, 15) is 46.1 Å². The van der Waals surface area contributed by atoms with Crippen LogP contribution in [0.3, 0.4) is 0 Å². The zero-order valence-corrected chi connectivity index (χ0v) is 33.7. The maximum atomic E-state index is 12.5. The Balaban J connectivity index is 1.52. The zero-order chi connectivity index (χ0) is 38.6. The molecule has 0 saturated heterocycles. The minimum Gasteiger partial charge on any atom is -0.507 e. The van der Waals surface area contributed by atoms with Crippen molar-refractivity contribution in [3.8, 4) is 34.1 Å². The highest BCUT2D eigenvalue weighted by molar-refractivity contribution is 9.11. The van der Waals surface area contributed by atoms with Crippen molar-refractivity contribution in [2.45, 2.75) is 0 Å². The number of halogens is 4. The van der Waals surface area contributed by atoms with Crippen molar-refractivity contribution in [2.75, 3.05) is 0 Å². The van der Waals surface area contributed by atoms with Gasteiger partial charge in [0, 0.05) is 21.9 Å². The van der Waals surface area contributed by atoms with Crippen LogP contribution in [0.25, 0.3) is 56.7 Å². The molecule has 0 aliphatic carbocycles. The first-order valence-corrected chi connectivity index (χ1v) is 20.1. The van der Waals surface area contributed by atoms with Gasteiger partial charge in [-0.05, 0) is 154 Å². The molecule has 6 rings (SSSR count). The van der Waals surface area contributed by atoms with Gasteiger partial charge in [-0.25, -0.2) is 4.79 Å². The number of phenols is 2. The summed E-state index contributed by atoms with van der Waals surface area (Å²) in [5, 5.41) is 30.4. The molecule has 2 aromatic heterocycles. The third-order valence-electron chi connectivity index (χ3n) is 7.24. The minimum absolute atomic E-state index is 0.00411. The van der Waals surface area contributed by atoms with Crippen LogP contribution in [0.5, 0.6) is 11.5 Å². The predicted octanol–water partition coefficient (Wildman–Crippen LogP) is 9.69. The molecule has 20 heteroatoms. The number of hydrogen-bond acceptors (Lipinski definition) is 11. The number of fused-ring (bicyclic) bond motifs is 2. The fourth-order valence-electron chi connectivity index (χ4n) is 5.15. The fourth-order valence-corrected chi connectivity index (χ4v) is 7.75. The SMILES string of the molecule is O=C(O)c1c(-c2ccc(O)c(Br)c2)oc2c(Br)cc(/C=C(OS(=O)(=O)O)/C(=C/c3cc(Br)c4oc(-c5ccc(O)c(Br)c5)cc4c3)OS(=O)(=O)O)cc12. The van der Waals surface area contributed by atoms with Gasteiger partial charge in [0.25, 0.3) is 0 Å². The molecule has 53 heavy (non-hydrogen) atoms. The molecule has 0 bridgehead atoms. The lowest BCUT2D eigenvalue weighted by atomic mass is 10.0. The second-order valence-corrected chi connectivity index (χ2v) is 16.4. The molecule has 274 valence electrons. The Kier molecular flexibility index (Phi) is 10.6. The molecule has 0 fully saturated rings. The first kappa shape index (κ1) is 38.6. The molecule has 0 radical (unpaired) electrons. The Labute approximate surface area is 332 Å². The highest BCUT2D eigenvalue weighted by Gasteiger charge is 2.26. The summed E-state index contributed by atoms with van der Waals surface area (Å²) in [5.74, 6) is -3.12. The molecule has 0 aliphatic rings. The number of aromatic hydroxyl groups is 2. The Morgan fingerprint density at radius 3 is 1.68 bits per heavy atom. The number of carbonyl (C=O) groups is 1. The van der Waals surface area contributed by atoms with Gasteiger partial charge in [0.1, 0.15) is 39.7 Å². The number of carboxylic acid groups (broad SMARTS) is 1. The largest absolute Gasteiger partial charge is 0.507 e. The molecule has 6 aromatic rings. The van der Waals surface area contributed by atoms with E-state index in [1.54, 1.807) is 18.2 Å². The van der Waals surface area contributed by atoms with E-state index in [-0.39, 0.29) is 59.4 Å². The first-order valence-electron chi connectivity index (χ1n) is 14.2. The lowest BCUT2D eigenvalue weighted by Crippen LogP contribution is -2.11. The van der Waals surface area contributed by atoms with Crippen molar-refractivity contribution >= 4 is 125 Å². The van der Waals surface area contributed by atoms with Gasteiger partial charge < -0.3 is 32.5 Å². The molecule has 2 heterocycles. The Morgan fingerprint density at radius 1 is 0.642 bits per heavy atom. The number of phenolic OH excluding ortho intramolecular Hbond substituents is 2. The number of benzene rings is 4. The molecule has 5 N–H and O–H groups in total. The van der Waals surface area contributed by atoms with E-state index in [1.807, 2.05) is 0 Å². The van der Waals surface area contributed by atoms with Crippen LogP contribution in [-0.2, 0) is 29.2 Å². The van der Waals surface area contributed by atoms with Crippen molar-refractivity contribution in [1.82, 2.24) is 0 Å². The fraction of sp³-hybridized carbons (Fsp3) is 0. The van der Waals surface area contributed by atoms with Crippen molar-refractivity contribution in [3.63, 3.8) is 0 Å². The third-order valence-corrected chi connectivity index (χ3v) is 10.5. The van der Waals surface area contributed by atoms with E-state index in [4.69, 9.17) is 17.2 Å². The molecule has 0 amide bonds. The van der Waals surface area contributed by atoms with Crippen LogP contribution in [0, 0.1) is 0 Å². The Morgan fingerprint density at radius 2 is 1.15 bits per heavy atom. The van der Waals surface area contributed by atoms with Gasteiger partial charge in [0.15, 0.2) is 11.5 Å². The third kappa shape index (κ3) is 8.65. The van der Waals surface area contributed by atoms with E-state index < -0.39 is 38.3 Å². The van der Waals surface area contributed by atoms with Crippen LogP contribution in [0.2, 0.25) is 0 Å². The summed E-state index contributed by atoms with van der Waals surface area (Å²) in [6.07, 6.45) is 1.88. The lowest BCUT2D eigenvalue weighted by molar-refractivity contribution is 0.0699. The molecule has 0 unspecified atom stereocenters. The van der Waals surface area contributed by atoms with Crippen molar-refractivity contribution in [1.29, 1.82) is 0 Å². The smallest absolute Gasteiger partial charge is 0.446 e. The minimum atomic E-state index is -5.39. The average Bonchev–Trinajstić information content (AvgIpc) is 3.65. The average molecular weight is 1020 g/mol. The van der Waals surface area contributed by atoms with Crippen LogP contribution in [0.4, 0.5) is 0 Å². The standard InChI is InChI=1S/C33H18Br4O14S2/c34-20-11-16(1-3-24(20)38)26-13-18-5-14(7-22(36)30(18)48-26)9-27(50-52(42,43)44)28(51-53(45,46)47)10-15-6-19-29(33(40)41)31(49-32(19)23(37)8-15)17-2-4-25(39)21(35)12-17/h1-13,38-39H,(H,40,41)(H,42,43,44)(H,45,46,47)/b27-9-,28-10-. The van der Waals surface area contributed by atoms with E-state index >= 15 is 0 Å². The quantitative estimate of drug-likeness (QED) is 0.0489. The number of hydrogen-bond donors (Lipinski definition) is 5. The summed E-state index contributed by atoms with van der Waals surface area (Å²) >= 11 is 13.1. The van der Waals surface area contributed by atoms with Gasteiger partial charge in [0.05, 0.1) is 17.9 Å². The highest BCUT2D eigenvalue weighted by atomic mass is 79.9. The van der Waals surface area contributed by atoms with Crippen LogP contribution in [-0.4, -0.2) is 47.2 Å². The molecule has 0 spiro atoms. The molecule has 14 nitrogen and oxygen atoms in total. The van der Waals surface area contributed by atoms with Crippen molar-refractivity contribution in [3.05, 3.63) is 113 Å². The maximum absolute atomic E-state index is 12.5. The monoisotopic (exact) mass is 1020 g/mol. The van der Waals surface area contributed by atoms with Crippen molar-refractivity contribution in [2.24, 2.45) is 0 Å². The summed E-state index contributed by atoms with van der Waals surface area (Å²) in [6.45, 7) is 0. The molecule has 0 aliphatic heterocycles. The van der Waals surface area contributed by atoms with Crippen LogP contribution in [0.15, 0.2) is 105 Å². The van der Waals surface area contributed by atoms with Gasteiger partial charge >= 0.3 is 26.8 Å². The van der Waals surface area contributed by atoms with Gasteiger partial charge in [-0.2, -0.15) is 16.8 Å². The number of aromatic carboxylic acids is 1. The molecular weight excluding hydrogens is 1000 g/mol. The van der Waals surface area contributed by atoms with Gasteiger partial charge in [-0.1, -0.05) is 0 Å². The summed E-state index contributed by atoms with van der Waals surface area (Å²) < 4.78 is 90.0. The summed E-state index contributed by atoms with van der Waals surface area (Å²) in [7, 11) is -10.8. The Hall–Kier alpha value is -4.15. The van der Waals surface area contributed by atoms with E-state index in [1.165, 1.54) is 48.5 Å². The van der Waals surface area contributed by atoms with Gasteiger partial charge in [-0.3, -0.25) is 9.11 Å². The first-order chi connectivity index (χ1) is 24.8. The van der Waals surface area contributed by atoms with Gasteiger partial charge in [0.2, 0.25) is 0 Å². The Bertz CT molecular complexity index is 2790. The second-order valence-electron chi connectivity index (χ2n) is 10.9. The molecule has 0 saturated carbocycles. The summed E-state index contributed by atoms with van der Waals surface area (Å²) in [6, 6.07) is 16.0. The van der Waals surface area contributed by atoms with E-state index in [0.717, 1.165) is 12.2 Å². The van der Waals surface area contributed by atoms with Crippen LogP contribution < -0.4 is 0 Å². The van der Waals surface area contributed by atoms with Gasteiger partial charge in [-0.15, -0.1) is 0 Å². The highest BCUT2D eigenvalue weighted by Crippen LogP contribution is 2.41. The normalized spacial score (nSPS) is 12.8. The van der Waals surface area contributed by atoms with Crippen molar-refractivity contribution < 1.29 is 63.3 Å². The van der Waals surface area contributed by atoms with E-state index in [0.29, 0.717) is 31.2 Å². The van der Waals surface area contributed by atoms with Crippen LogP contribution >= 0.6 is 63.7 Å². The predicted molar refractivity (Wildman–Crippen MR) is 206 cm³/mol. The topological polar surface area (TPSA) is 231 Å². The number of carboxylic acids is 1.